The van der Waals surface area contributed by atoms with Crippen molar-refractivity contribution in [3.63, 3.8) is 0 Å². The molecule has 3 aromatic carbocycles. The molecule has 0 saturated carbocycles. The number of hydrogen-bond donors (Lipinski definition) is 1. The molecule has 1 unspecified atom stereocenters. The van der Waals surface area contributed by atoms with Gasteiger partial charge in [-0.15, -0.1) is 0 Å². The first kappa shape index (κ1) is 23.7. The minimum Gasteiger partial charge on any atom is -0.507 e. The number of para-hydroxylation sites is 1. The van der Waals surface area contributed by atoms with Crippen LogP contribution in [0.25, 0.3) is 5.76 Å². The summed E-state index contributed by atoms with van der Waals surface area (Å²) in [7, 11) is 2.93. The number of amides is 1. The molecule has 186 valence electrons. The molecule has 5 rings (SSSR count). The molecule has 1 N–H and O–H groups in total. The smallest absolute Gasteiger partial charge is 0.300 e. The number of carbonyl (C=O) groups is 2. The van der Waals surface area contributed by atoms with Crippen LogP contribution in [-0.4, -0.2) is 31.0 Å². The molecule has 1 amide bonds. The molecule has 1 aromatic heterocycles. The van der Waals surface area contributed by atoms with Crippen LogP contribution in [0.4, 0.5) is 5.69 Å². The maximum atomic E-state index is 13.3. The van der Waals surface area contributed by atoms with Crippen molar-refractivity contribution in [1.82, 2.24) is 0 Å². The van der Waals surface area contributed by atoms with Crippen LogP contribution in [0.2, 0.25) is 0 Å². The zero-order valence-corrected chi connectivity index (χ0v) is 20.1. The van der Waals surface area contributed by atoms with Crippen LogP contribution in [0.1, 0.15) is 17.4 Å². The summed E-state index contributed by atoms with van der Waals surface area (Å²) >= 11 is 0. The Kier molecular flexibility index (Phi) is 6.38. The van der Waals surface area contributed by atoms with Gasteiger partial charge >= 0.3 is 0 Å². The Bertz CT molecular complexity index is 1460. The van der Waals surface area contributed by atoms with Gasteiger partial charge in [-0.2, -0.15) is 0 Å². The Morgan fingerprint density at radius 2 is 1.54 bits per heavy atom. The van der Waals surface area contributed by atoms with Crippen molar-refractivity contribution in [3.8, 4) is 23.0 Å². The highest BCUT2D eigenvalue weighted by molar-refractivity contribution is 6.51. The fraction of sp³-hybridized carbons (Fsp3) is 0.103. The fourth-order valence-electron chi connectivity index (χ4n) is 4.26. The average Bonchev–Trinajstić information content (AvgIpc) is 3.56. The van der Waals surface area contributed by atoms with E-state index in [4.69, 9.17) is 18.6 Å². The maximum absolute atomic E-state index is 13.3. The van der Waals surface area contributed by atoms with Crippen molar-refractivity contribution in [1.29, 1.82) is 0 Å². The summed E-state index contributed by atoms with van der Waals surface area (Å²) in [5, 5.41) is 11.4. The van der Waals surface area contributed by atoms with Crippen LogP contribution in [-0.2, 0) is 9.59 Å². The van der Waals surface area contributed by atoms with Crippen LogP contribution >= 0.6 is 0 Å². The highest BCUT2D eigenvalue weighted by atomic mass is 16.5. The van der Waals surface area contributed by atoms with Gasteiger partial charge in [0.2, 0.25) is 0 Å². The van der Waals surface area contributed by atoms with Gasteiger partial charge < -0.3 is 23.7 Å². The van der Waals surface area contributed by atoms with Gasteiger partial charge in [-0.05, 0) is 66.7 Å². The Balaban J connectivity index is 1.59. The fourth-order valence-corrected chi connectivity index (χ4v) is 4.26. The zero-order chi connectivity index (χ0) is 25.9. The van der Waals surface area contributed by atoms with E-state index in [1.165, 1.54) is 31.4 Å². The van der Waals surface area contributed by atoms with Gasteiger partial charge in [0.15, 0.2) is 0 Å². The van der Waals surface area contributed by atoms with Crippen molar-refractivity contribution < 1.29 is 33.3 Å². The van der Waals surface area contributed by atoms with Gasteiger partial charge in [-0.25, -0.2) is 0 Å². The lowest BCUT2D eigenvalue weighted by atomic mass is 9.98. The molecule has 0 spiro atoms. The van der Waals surface area contributed by atoms with E-state index in [-0.39, 0.29) is 11.1 Å². The number of hydrogen-bond acceptors (Lipinski definition) is 7. The van der Waals surface area contributed by atoms with Gasteiger partial charge in [0.1, 0.15) is 40.6 Å². The lowest BCUT2D eigenvalue weighted by molar-refractivity contribution is -0.132. The van der Waals surface area contributed by atoms with E-state index < -0.39 is 23.5 Å². The lowest BCUT2D eigenvalue weighted by Gasteiger charge is -2.23. The highest BCUT2D eigenvalue weighted by Crippen LogP contribution is 2.44. The molecular weight excluding hydrogens is 474 g/mol. The standard InChI is InChI=1S/C29H23NO7/c1-34-21-14-15-23(35-2)22(17-21)27(31)25-26(24-9-6-16-36-24)30(29(33)28(25)32)18-10-12-20(13-11-18)37-19-7-4-3-5-8-19/h3-17,26,31H,1-2H3/b27-25-. The van der Waals surface area contributed by atoms with Crippen LogP contribution in [0, 0.1) is 0 Å². The molecule has 1 aliphatic heterocycles. The second kappa shape index (κ2) is 9.94. The predicted octanol–water partition coefficient (Wildman–Crippen LogP) is 5.72. The SMILES string of the molecule is COc1ccc(OC)c(/C(O)=C2/C(=O)C(=O)N(c3ccc(Oc4ccccc4)cc3)C2c2ccco2)c1. The molecule has 0 aliphatic carbocycles. The number of aliphatic hydroxyl groups excluding tert-OH is 1. The van der Waals surface area contributed by atoms with E-state index in [1.807, 2.05) is 30.3 Å². The van der Waals surface area contributed by atoms with Gasteiger partial charge in [0.25, 0.3) is 11.7 Å². The molecule has 0 radical (unpaired) electrons. The Labute approximate surface area is 212 Å². The first-order chi connectivity index (χ1) is 18.0. The number of ketones is 1. The summed E-state index contributed by atoms with van der Waals surface area (Å²) in [6.45, 7) is 0. The third kappa shape index (κ3) is 4.40. The average molecular weight is 498 g/mol. The molecule has 37 heavy (non-hydrogen) atoms. The van der Waals surface area contributed by atoms with E-state index in [0.29, 0.717) is 34.4 Å². The van der Waals surface area contributed by atoms with E-state index >= 15 is 0 Å². The van der Waals surface area contributed by atoms with Crippen LogP contribution < -0.4 is 19.1 Å². The van der Waals surface area contributed by atoms with Crippen molar-refractivity contribution >= 4 is 23.1 Å². The highest BCUT2D eigenvalue weighted by Gasteiger charge is 2.48. The number of anilines is 1. The van der Waals surface area contributed by atoms with Crippen LogP contribution in [0.5, 0.6) is 23.0 Å². The number of Topliss-reactive ketones (excluding diaryl/α,β-unsaturated/α-hetero) is 1. The third-order valence-corrected chi connectivity index (χ3v) is 6.01. The van der Waals surface area contributed by atoms with E-state index in [0.717, 1.165) is 0 Å². The number of carbonyl (C=O) groups excluding carboxylic acids is 2. The number of aliphatic hydroxyl groups is 1. The molecule has 1 saturated heterocycles. The van der Waals surface area contributed by atoms with E-state index in [9.17, 15) is 14.7 Å². The van der Waals surface area contributed by atoms with Crippen LogP contribution in [0.3, 0.4) is 0 Å². The molecule has 1 aliphatic rings. The van der Waals surface area contributed by atoms with E-state index in [2.05, 4.69) is 0 Å². The molecule has 2 heterocycles. The molecule has 8 heteroatoms. The second-order valence-electron chi connectivity index (χ2n) is 8.16. The largest absolute Gasteiger partial charge is 0.507 e. The zero-order valence-electron chi connectivity index (χ0n) is 20.1. The van der Waals surface area contributed by atoms with Crippen molar-refractivity contribution in [3.05, 3.63) is 108 Å². The predicted molar refractivity (Wildman–Crippen MR) is 136 cm³/mol. The van der Waals surface area contributed by atoms with Crippen molar-refractivity contribution in [2.45, 2.75) is 6.04 Å². The Hall–Kier alpha value is -4.98. The number of nitrogens with zero attached hydrogens (tertiary/aromatic N) is 1. The van der Waals surface area contributed by atoms with Gasteiger partial charge in [0.05, 0.1) is 31.6 Å². The Morgan fingerprint density at radius 1 is 0.838 bits per heavy atom. The number of benzene rings is 3. The third-order valence-electron chi connectivity index (χ3n) is 6.01. The summed E-state index contributed by atoms with van der Waals surface area (Å²) in [5.74, 6) is 0.232. The number of ether oxygens (including phenoxy) is 3. The quantitative estimate of drug-likeness (QED) is 0.198. The minimum absolute atomic E-state index is 0.129. The second-order valence-corrected chi connectivity index (χ2v) is 8.16. The normalized spacial score (nSPS) is 16.6. The minimum atomic E-state index is -1.01. The van der Waals surface area contributed by atoms with Crippen molar-refractivity contribution in [2.75, 3.05) is 19.1 Å². The first-order valence-corrected chi connectivity index (χ1v) is 11.4. The molecule has 8 nitrogen and oxygen atoms in total. The number of methoxy groups -OCH3 is 2. The molecular formula is C29H23NO7. The summed E-state index contributed by atoms with van der Waals surface area (Å²) in [5.41, 5.74) is 0.514. The molecule has 4 aromatic rings. The van der Waals surface area contributed by atoms with Crippen molar-refractivity contribution in [2.24, 2.45) is 0 Å². The van der Waals surface area contributed by atoms with Crippen LogP contribution in [0.15, 0.2) is 101 Å². The lowest BCUT2D eigenvalue weighted by Crippen LogP contribution is -2.29. The Morgan fingerprint density at radius 3 is 2.19 bits per heavy atom. The first-order valence-electron chi connectivity index (χ1n) is 11.4. The summed E-state index contributed by atoms with van der Waals surface area (Å²) in [6.07, 6.45) is 1.44. The maximum Gasteiger partial charge on any atom is 0.300 e. The number of rotatable bonds is 7. The van der Waals surface area contributed by atoms with Gasteiger partial charge in [-0.1, -0.05) is 18.2 Å². The van der Waals surface area contributed by atoms with Gasteiger partial charge in [0, 0.05) is 5.69 Å². The molecule has 1 atom stereocenters. The summed E-state index contributed by atoms with van der Waals surface area (Å²) in [4.78, 5) is 27.9. The summed E-state index contributed by atoms with van der Waals surface area (Å²) in [6, 6.07) is 23.1. The molecule has 1 fully saturated rings. The molecule has 0 bridgehead atoms. The summed E-state index contributed by atoms with van der Waals surface area (Å²) < 4.78 is 22.1. The topological polar surface area (TPSA) is 98.4 Å². The monoisotopic (exact) mass is 497 g/mol. The number of furan rings is 1. The van der Waals surface area contributed by atoms with E-state index in [1.54, 1.807) is 48.5 Å². The van der Waals surface area contributed by atoms with Gasteiger partial charge in [-0.3, -0.25) is 14.5 Å².